The predicted molar refractivity (Wildman–Crippen MR) is 79.2 cm³/mol. The van der Waals surface area contributed by atoms with Crippen molar-refractivity contribution in [3.63, 3.8) is 0 Å². The lowest BCUT2D eigenvalue weighted by Crippen LogP contribution is -2.31. The molecule has 0 bridgehead atoms. The molecule has 2 aliphatic heterocycles. The molecular formula is C14H17N3O5. The maximum atomic E-state index is 11.8. The van der Waals surface area contributed by atoms with E-state index in [0.717, 1.165) is 0 Å². The number of benzene rings is 1. The Hall–Kier alpha value is -2.35. The SMILES string of the molecule is CC1(O)CCN(c2ccc([N+](=O)[O-])cc2N2CCOC2=O)C1. The maximum absolute atomic E-state index is 11.8. The van der Waals surface area contributed by atoms with Crippen molar-refractivity contribution in [2.24, 2.45) is 0 Å². The van der Waals surface area contributed by atoms with Crippen LogP contribution in [-0.4, -0.2) is 48.0 Å². The maximum Gasteiger partial charge on any atom is 0.414 e. The molecule has 2 aliphatic rings. The molecule has 8 nitrogen and oxygen atoms in total. The number of nitro groups is 1. The Balaban J connectivity index is 2.01. The number of anilines is 2. The van der Waals surface area contributed by atoms with Gasteiger partial charge in [0.15, 0.2) is 0 Å². The van der Waals surface area contributed by atoms with Gasteiger partial charge in [-0.15, -0.1) is 0 Å². The molecule has 0 radical (unpaired) electrons. The monoisotopic (exact) mass is 307 g/mol. The fourth-order valence-corrected chi connectivity index (χ4v) is 2.87. The summed E-state index contributed by atoms with van der Waals surface area (Å²) in [5, 5.41) is 21.1. The number of carbonyl (C=O) groups is 1. The number of amides is 1. The first-order chi connectivity index (χ1) is 10.4. The minimum absolute atomic E-state index is 0.0793. The molecule has 1 aromatic rings. The number of ether oxygens (including phenoxy) is 1. The zero-order valence-electron chi connectivity index (χ0n) is 12.2. The molecule has 1 N–H and O–H groups in total. The second-order valence-corrected chi connectivity index (χ2v) is 5.86. The molecular weight excluding hydrogens is 290 g/mol. The van der Waals surface area contributed by atoms with Crippen LogP contribution < -0.4 is 9.80 Å². The van der Waals surface area contributed by atoms with Crippen molar-refractivity contribution in [3.05, 3.63) is 28.3 Å². The molecule has 0 spiro atoms. The fourth-order valence-electron chi connectivity index (χ4n) is 2.87. The smallest absolute Gasteiger partial charge is 0.414 e. The van der Waals surface area contributed by atoms with Crippen LogP contribution in [0.3, 0.4) is 0 Å². The zero-order valence-corrected chi connectivity index (χ0v) is 12.2. The molecule has 1 atom stereocenters. The summed E-state index contributed by atoms with van der Waals surface area (Å²) in [4.78, 5) is 25.7. The van der Waals surface area contributed by atoms with E-state index < -0.39 is 16.6 Å². The summed E-state index contributed by atoms with van der Waals surface area (Å²) in [6, 6.07) is 4.42. The van der Waals surface area contributed by atoms with Crippen LogP contribution in [0, 0.1) is 10.1 Å². The molecule has 2 fully saturated rings. The minimum atomic E-state index is -0.801. The van der Waals surface area contributed by atoms with Crippen molar-refractivity contribution >= 4 is 23.2 Å². The van der Waals surface area contributed by atoms with Crippen LogP contribution in [0.4, 0.5) is 21.9 Å². The normalized spacial score (nSPS) is 24.7. The molecule has 3 rings (SSSR count). The van der Waals surface area contributed by atoms with Gasteiger partial charge in [-0.25, -0.2) is 4.79 Å². The van der Waals surface area contributed by atoms with Crippen LogP contribution in [0.1, 0.15) is 13.3 Å². The van der Waals surface area contributed by atoms with Crippen molar-refractivity contribution in [2.75, 3.05) is 36.0 Å². The van der Waals surface area contributed by atoms with E-state index in [1.165, 1.54) is 17.0 Å². The number of nitro benzene ring substituents is 1. The standard InChI is InChI=1S/C14H17N3O5/c1-14(19)4-5-15(9-14)11-3-2-10(17(20)21)8-12(11)16-6-7-22-13(16)18/h2-3,8,19H,4-7,9H2,1H3. The lowest BCUT2D eigenvalue weighted by molar-refractivity contribution is -0.384. The highest BCUT2D eigenvalue weighted by Gasteiger charge is 2.35. The molecule has 0 aliphatic carbocycles. The Kier molecular flexibility index (Phi) is 3.40. The second-order valence-electron chi connectivity index (χ2n) is 5.86. The van der Waals surface area contributed by atoms with Crippen molar-refractivity contribution in [1.82, 2.24) is 0 Å². The van der Waals surface area contributed by atoms with Crippen molar-refractivity contribution < 1.29 is 19.6 Å². The van der Waals surface area contributed by atoms with Crippen LogP contribution in [-0.2, 0) is 4.74 Å². The van der Waals surface area contributed by atoms with E-state index in [2.05, 4.69) is 0 Å². The van der Waals surface area contributed by atoms with Crippen LogP contribution >= 0.6 is 0 Å². The van der Waals surface area contributed by atoms with Gasteiger partial charge in [0.05, 0.1) is 28.4 Å². The number of non-ortho nitro benzene ring substituents is 1. The summed E-state index contributed by atoms with van der Waals surface area (Å²) in [6.45, 7) is 3.42. The van der Waals surface area contributed by atoms with Crippen molar-refractivity contribution in [3.8, 4) is 0 Å². The van der Waals surface area contributed by atoms with Gasteiger partial charge in [-0.1, -0.05) is 0 Å². The summed E-state index contributed by atoms with van der Waals surface area (Å²) in [5.74, 6) is 0. The van der Waals surface area contributed by atoms with E-state index in [1.807, 2.05) is 4.90 Å². The Morgan fingerprint density at radius 3 is 2.68 bits per heavy atom. The van der Waals surface area contributed by atoms with E-state index in [1.54, 1.807) is 13.0 Å². The first-order valence-electron chi connectivity index (χ1n) is 7.07. The van der Waals surface area contributed by atoms with E-state index in [-0.39, 0.29) is 12.3 Å². The molecule has 22 heavy (non-hydrogen) atoms. The Morgan fingerprint density at radius 2 is 2.14 bits per heavy atom. The number of nitrogens with zero attached hydrogens (tertiary/aromatic N) is 3. The Bertz CT molecular complexity index is 631. The summed E-state index contributed by atoms with van der Waals surface area (Å²) < 4.78 is 4.93. The van der Waals surface area contributed by atoms with Crippen molar-refractivity contribution in [2.45, 2.75) is 18.9 Å². The van der Waals surface area contributed by atoms with Gasteiger partial charge in [-0.05, 0) is 19.4 Å². The van der Waals surface area contributed by atoms with Crippen LogP contribution in [0.2, 0.25) is 0 Å². The summed E-state index contributed by atoms with van der Waals surface area (Å²) >= 11 is 0. The number of hydrogen-bond acceptors (Lipinski definition) is 6. The number of hydrogen-bond donors (Lipinski definition) is 1. The van der Waals surface area contributed by atoms with Gasteiger partial charge >= 0.3 is 6.09 Å². The lowest BCUT2D eigenvalue weighted by atomic mass is 10.1. The minimum Gasteiger partial charge on any atom is -0.447 e. The van der Waals surface area contributed by atoms with E-state index in [0.29, 0.717) is 37.4 Å². The van der Waals surface area contributed by atoms with Crippen LogP contribution in [0.5, 0.6) is 0 Å². The highest BCUT2D eigenvalue weighted by Crippen LogP contribution is 2.37. The van der Waals surface area contributed by atoms with Gasteiger partial charge in [-0.2, -0.15) is 0 Å². The molecule has 0 aromatic heterocycles. The zero-order chi connectivity index (χ0) is 15.9. The van der Waals surface area contributed by atoms with Gasteiger partial charge in [0.1, 0.15) is 6.61 Å². The average molecular weight is 307 g/mol. The first-order valence-corrected chi connectivity index (χ1v) is 7.07. The van der Waals surface area contributed by atoms with E-state index in [9.17, 15) is 20.0 Å². The van der Waals surface area contributed by atoms with Gasteiger partial charge < -0.3 is 14.7 Å². The number of rotatable bonds is 3. The topological polar surface area (TPSA) is 96.2 Å². The van der Waals surface area contributed by atoms with Gasteiger partial charge in [0.2, 0.25) is 0 Å². The highest BCUT2D eigenvalue weighted by atomic mass is 16.6. The van der Waals surface area contributed by atoms with E-state index >= 15 is 0 Å². The number of cyclic esters (lactones) is 1. The third-order valence-corrected chi connectivity index (χ3v) is 4.01. The number of β-amino-alcohol motifs (C(OH)–C–C–N with tert-alkyl or cyclic N) is 1. The lowest BCUT2D eigenvalue weighted by Gasteiger charge is -2.26. The van der Waals surface area contributed by atoms with Gasteiger partial charge in [0.25, 0.3) is 5.69 Å². The van der Waals surface area contributed by atoms with Crippen LogP contribution in [0.15, 0.2) is 18.2 Å². The van der Waals surface area contributed by atoms with Gasteiger partial charge in [0, 0.05) is 25.2 Å². The molecule has 1 unspecified atom stereocenters. The number of aliphatic hydroxyl groups is 1. The third kappa shape index (κ3) is 2.57. The van der Waals surface area contributed by atoms with E-state index in [4.69, 9.17) is 4.74 Å². The molecule has 8 heteroatoms. The molecule has 1 amide bonds. The molecule has 0 saturated carbocycles. The molecule has 2 heterocycles. The molecule has 2 saturated heterocycles. The number of carbonyl (C=O) groups excluding carboxylic acids is 1. The first kappa shape index (κ1) is 14.6. The van der Waals surface area contributed by atoms with Gasteiger partial charge in [-0.3, -0.25) is 15.0 Å². The average Bonchev–Trinajstić information content (AvgIpc) is 3.03. The fraction of sp³-hybridized carbons (Fsp3) is 0.500. The second kappa shape index (κ2) is 5.13. The summed E-state index contributed by atoms with van der Waals surface area (Å²) in [7, 11) is 0. The Morgan fingerprint density at radius 1 is 1.36 bits per heavy atom. The highest BCUT2D eigenvalue weighted by molar-refractivity contribution is 5.94. The third-order valence-electron chi connectivity index (χ3n) is 4.01. The summed E-state index contributed by atoms with van der Waals surface area (Å²) in [6.07, 6.45) is 0.0983. The van der Waals surface area contributed by atoms with Crippen molar-refractivity contribution in [1.29, 1.82) is 0 Å². The molecule has 118 valence electrons. The molecule has 1 aromatic carbocycles. The quantitative estimate of drug-likeness (QED) is 0.671. The largest absolute Gasteiger partial charge is 0.447 e. The van der Waals surface area contributed by atoms with Crippen LogP contribution in [0.25, 0.3) is 0 Å². The Labute approximate surface area is 127 Å². The summed E-state index contributed by atoms with van der Waals surface area (Å²) in [5.41, 5.74) is 0.269. The predicted octanol–water partition coefficient (Wildman–Crippen LogP) is 1.51.